The fourth-order valence-electron chi connectivity index (χ4n) is 3.27. The van der Waals surface area contributed by atoms with Crippen LogP contribution in [-0.2, 0) is 16.6 Å². The third-order valence-electron chi connectivity index (χ3n) is 4.72. The second kappa shape index (κ2) is 9.40. The van der Waals surface area contributed by atoms with Crippen LogP contribution in [0.25, 0.3) is 0 Å². The number of benzene rings is 1. The van der Waals surface area contributed by atoms with Crippen molar-refractivity contribution in [3.8, 4) is 5.75 Å². The number of nitrogens with one attached hydrogen (secondary N) is 1. The van der Waals surface area contributed by atoms with Gasteiger partial charge < -0.3 is 10.1 Å². The van der Waals surface area contributed by atoms with E-state index in [4.69, 9.17) is 4.74 Å². The molecule has 1 N–H and O–H groups in total. The molecule has 162 valence electrons. The zero-order valence-corrected chi connectivity index (χ0v) is 17.9. The zero-order valence-electron chi connectivity index (χ0n) is 17.1. The van der Waals surface area contributed by atoms with E-state index >= 15 is 0 Å². The normalized spacial score (nSPS) is 14.6. The molecular formula is C20H26N4O5S. The molecule has 0 unspecified atom stereocenters. The van der Waals surface area contributed by atoms with Gasteiger partial charge in [0, 0.05) is 31.4 Å². The van der Waals surface area contributed by atoms with Gasteiger partial charge in [-0.25, -0.2) is 13.1 Å². The topological polar surface area (TPSA) is 111 Å². The molecular weight excluding hydrogens is 408 g/mol. The third kappa shape index (κ3) is 4.71. The Hall–Kier alpha value is -2.72. The average molecular weight is 435 g/mol. The summed E-state index contributed by atoms with van der Waals surface area (Å²) in [5.74, 6) is -0.287. The lowest BCUT2D eigenvalue weighted by atomic mass is 10.3. The Morgan fingerprint density at radius 3 is 2.57 bits per heavy atom. The van der Waals surface area contributed by atoms with E-state index in [-0.39, 0.29) is 21.9 Å². The summed E-state index contributed by atoms with van der Waals surface area (Å²) in [6.45, 7) is 5.33. The second-order valence-electron chi connectivity index (χ2n) is 6.94. The summed E-state index contributed by atoms with van der Waals surface area (Å²) in [7, 11) is -3.74. The molecule has 1 saturated heterocycles. The van der Waals surface area contributed by atoms with Gasteiger partial charge in [-0.2, -0.15) is 9.40 Å². The molecule has 30 heavy (non-hydrogen) atoms. The Kier molecular flexibility index (Phi) is 6.88. The maximum Gasteiger partial charge on any atom is 0.276 e. The Balaban J connectivity index is 1.91. The van der Waals surface area contributed by atoms with Crippen LogP contribution >= 0.6 is 0 Å². The summed E-state index contributed by atoms with van der Waals surface area (Å²) in [6, 6.07) is 7.15. The summed E-state index contributed by atoms with van der Waals surface area (Å²) < 4.78 is 34.3. The minimum absolute atomic E-state index is 0.0213. The van der Waals surface area contributed by atoms with Crippen molar-refractivity contribution >= 4 is 21.6 Å². The molecule has 0 aliphatic carbocycles. The molecule has 2 heterocycles. The van der Waals surface area contributed by atoms with Gasteiger partial charge in [-0.15, -0.1) is 0 Å². The van der Waals surface area contributed by atoms with Crippen LogP contribution in [0.5, 0.6) is 5.75 Å². The fourth-order valence-corrected chi connectivity index (χ4v) is 4.94. The van der Waals surface area contributed by atoms with Crippen molar-refractivity contribution in [1.29, 1.82) is 0 Å². The highest BCUT2D eigenvalue weighted by molar-refractivity contribution is 7.89. The quantitative estimate of drug-likeness (QED) is 0.681. The Bertz CT molecular complexity index is 1070. The number of rotatable bonds is 8. The van der Waals surface area contributed by atoms with Crippen molar-refractivity contribution in [2.75, 3.05) is 25.0 Å². The number of carbonyl (C=O) groups excluding carboxylic acids is 1. The lowest BCUT2D eigenvalue weighted by Crippen LogP contribution is -2.28. The molecule has 10 heteroatoms. The number of amides is 1. The highest BCUT2D eigenvalue weighted by atomic mass is 32.2. The average Bonchev–Trinajstić information content (AvgIpc) is 3.27. The zero-order chi connectivity index (χ0) is 21.7. The van der Waals surface area contributed by atoms with E-state index in [1.54, 1.807) is 13.0 Å². The predicted molar refractivity (Wildman–Crippen MR) is 112 cm³/mol. The number of aromatic nitrogens is 2. The van der Waals surface area contributed by atoms with Crippen LogP contribution in [0.15, 0.2) is 40.0 Å². The van der Waals surface area contributed by atoms with Gasteiger partial charge in [0.1, 0.15) is 16.3 Å². The van der Waals surface area contributed by atoms with Crippen LogP contribution in [0.1, 0.15) is 43.6 Å². The van der Waals surface area contributed by atoms with Gasteiger partial charge in [0.25, 0.3) is 11.5 Å². The van der Waals surface area contributed by atoms with Gasteiger partial charge in [-0.1, -0.05) is 6.92 Å². The summed E-state index contributed by atoms with van der Waals surface area (Å²) in [5, 5.41) is 6.74. The van der Waals surface area contributed by atoms with Crippen molar-refractivity contribution in [3.63, 3.8) is 0 Å². The maximum atomic E-state index is 13.1. The van der Waals surface area contributed by atoms with Crippen LogP contribution in [0, 0.1) is 0 Å². The molecule has 1 fully saturated rings. The molecule has 2 aromatic rings. The predicted octanol–water partition coefficient (Wildman–Crippen LogP) is 2.09. The van der Waals surface area contributed by atoms with Crippen molar-refractivity contribution in [2.45, 2.75) is 44.6 Å². The number of hydrogen-bond acceptors (Lipinski definition) is 6. The van der Waals surface area contributed by atoms with E-state index in [1.807, 2.05) is 6.92 Å². The van der Waals surface area contributed by atoms with E-state index in [0.717, 1.165) is 12.8 Å². The van der Waals surface area contributed by atoms with Crippen molar-refractivity contribution in [1.82, 2.24) is 14.1 Å². The molecule has 1 aliphatic rings. The monoisotopic (exact) mass is 434 g/mol. The lowest BCUT2D eigenvalue weighted by molar-refractivity contribution is 0.101. The number of carbonyl (C=O) groups is 1. The van der Waals surface area contributed by atoms with Crippen LogP contribution in [0.3, 0.4) is 0 Å². The summed E-state index contributed by atoms with van der Waals surface area (Å²) in [5.41, 5.74) is 0.0885. The number of nitrogens with zero attached hydrogens (tertiary/aromatic N) is 3. The number of anilines is 1. The molecule has 1 amide bonds. The van der Waals surface area contributed by atoms with Gasteiger partial charge in [-0.05, 0) is 50.5 Å². The molecule has 0 atom stereocenters. The van der Waals surface area contributed by atoms with Gasteiger partial charge in [0.15, 0.2) is 0 Å². The maximum absolute atomic E-state index is 13.1. The Labute approximate surface area is 175 Å². The molecule has 1 aromatic carbocycles. The van der Waals surface area contributed by atoms with E-state index < -0.39 is 15.9 Å². The Morgan fingerprint density at radius 1 is 1.17 bits per heavy atom. The van der Waals surface area contributed by atoms with Crippen LogP contribution in [-0.4, -0.2) is 48.1 Å². The van der Waals surface area contributed by atoms with Crippen molar-refractivity contribution in [2.24, 2.45) is 0 Å². The molecule has 0 radical (unpaired) electrons. The smallest absolute Gasteiger partial charge is 0.276 e. The van der Waals surface area contributed by atoms with Crippen LogP contribution in [0.2, 0.25) is 0 Å². The molecule has 0 spiro atoms. The third-order valence-corrected chi connectivity index (χ3v) is 6.64. The first-order chi connectivity index (χ1) is 14.4. The molecule has 0 saturated carbocycles. The molecule has 3 rings (SSSR count). The summed E-state index contributed by atoms with van der Waals surface area (Å²) >= 11 is 0. The summed E-state index contributed by atoms with van der Waals surface area (Å²) in [4.78, 5) is 24.5. The van der Waals surface area contributed by atoms with Gasteiger partial charge in [-0.3, -0.25) is 9.59 Å². The van der Waals surface area contributed by atoms with Crippen molar-refractivity contribution in [3.05, 3.63) is 46.4 Å². The van der Waals surface area contributed by atoms with Gasteiger partial charge in [0.05, 0.1) is 6.61 Å². The highest BCUT2D eigenvalue weighted by Crippen LogP contribution is 2.31. The fraction of sp³-hybridized carbons (Fsp3) is 0.450. The van der Waals surface area contributed by atoms with E-state index in [9.17, 15) is 18.0 Å². The van der Waals surface area contributed by atoms with Gasteiger partial charge >= 0.3 is 0 Å². The van der Waals surface area contributed by atoms with E-state index in [0.29, 0.717) is 38.3 Å². The Morgan fingerprint density at radius 2 is 1.90 bits per heavy atom. The first-order valence-electron chi connectivity index (χ1n) is 10.0. The molecule has 0 bridgehead atoms. The van der Waals surface area contributed by atoms with Crippen molar-refractivity contribution < 1.29 is 17.9 Å². The second-order valence-corrected chi connectivity index (χ2v) is 8.85. The number of aryl methyl sites for hydroxylation is 1. The van der Waals surface area contributed by atoms with Crippen LogP contribution in [0.4, 0.5) is 5.69 Å². The lowest BCUT2D eigenvalue weighted by Gasteiger charge is -2.19. The molecule has 1 aromatic heterocycles. The highest BCUT2D eigenvalue weighted by Gasteiger charge is 2.30. The van der Waals surface area contributed by atoms with Gasteiger partial charge in [0.2, 0.25) is 10.0 Å². The first kappa shape index (κ1) is 22.0. The molecule has 1 aliphatic heterocycles. The minimum atomic E-state index is -3.74. The first-order valence-corrected chi connectivity index (χ1v) is 11.5. The number of sulfonamides is 1. The van der Waals surface area contributed by atoms with Crippen LogP contribution < -0.4 is 15.6 Å². The largest absolute Gasteiger partial charge is 0.492 e. The summed E-state index contributed by atoms with van der Waals surface area (Å²) in [6.07, 6.45) is 2.34. The van der Waals surface area contributed by atoms with E-state index in [2.05, 4.69) is 10.4 Å². The molecule has 9 nitrogen and oxygen atoms in total. The number of hydrogen-bond donors (Lipinski definition) is 1. The van der Waals surface area contributed by atoms with E-state index in [1.165, 1.54) is 33.3 Å². The minimum Gasteiger partial charge on any atom is -0.492 e. The number of ether oxygens (including phenoxy) is 1. The standard InChI is InChI=1S/C20H26N4O5S/c1-3-11-24-19(25)10-8-16(22-24)20(26)21-15-7-9-17(29-4-2)18(14-15)30(27,28)23-12-5-6-13-23/h7-10,14H,3-6,11-13H2,1-2H3,(H,21,26). The SMILES string of the molecule is CCCn1nc(C(=O)Nc2ccc(OCC)c(S(=O)(=O)N3CCCC3)c2)ccc1=O.